The van der Waals surface area contributed by atoms with E-state index in [-0.39, 0.29) is 0 Å². The van der Waals surface area contributed by atoms with Gasteiger partial charge in [0.25, 0.3) is 0 Å². The maximum Gasteiger partial charge on any atom is 0.228 e. The molecule has 0 aliphatic carbocycles. The minimum atomic E-state index is 0.541. The number of aromatic nitrogens is 5. The summed E-state index contributed by atoms with van der Waals surface area (Å²) >= 11 is 0. The van der Waals surface area contributed by atoms with Crippen LogP contribution in [0.25, 0.3) is 83.7 Å². The number of hydrogen-bond acceptors (Lipinski definition) is 5. The summed E-state index contributed by atoms with van der Waals surface area (Å²) in [6.45, 7) is 0. The number of furan rings is 1. The molecule has 6 heteroatoms. The molecule has 0 atom stereocenters. The molecule has 9 aromatic rings. The minimum absolute atomic E-state index is 0.541. The average Bonchev–Trinajstić information content (AvgIpc) is 3.64. The van der Waals surface area contributed by atoms with E-state index in [0.29, 0.717) is 23.2 Å². The Morgan fingerprint density at radius 1 is 0.500 bits per heavy atom. The molecule has 0 aliphatic heterocycles. The van der Waals surface area contributed by atoms with E-state index in [4.69, 9.17) is 19.4 Å². The number of nitrogens with zero attached hydrogens (tertiary/aromatic N) is 5. The van der Waals surface area contributed by atoms with Crippen LogP contribution >= 0.6 is 0 Å². The van der Waals surface area contributed by atoms with Gasteiger partial charge in [-0.15, -0.1) is 0 Å². The van der Waals surface area contributed by atoms with Crippen LogP contribution < -0.4 is 0 Å². The number of hydrogen-bond donors (Lipinski definition) is 0. The lowest BCUT2D eigenvalue weighted by Gasteiger charge is -2.09. The second-order valence-corrected chi connectivity index (χ2v) is 10.7. The van der Waals surface area contributed by atoms with Crippen molar-refractivity contribution in [2.45, 2.75) is 0 Å². The van der Waals surface area contributed by atoms with Crippen LogP contribution in [-0.2, 0) is 0 Å². The van der Waals surface area contributed by atoms with Crippen molar-refractivity contribution >= 4 is 43.9 Å². The van der Waals surface area contributed by atoms with Crippen molar-refractivity contribution in [2.75, 3.05) is 0 Å². The second-order valence-electron chi connectivity index (χ2n) is 10.7. The number of benzene rings is 5. The lowest BCUT2D eigenvalue weighted by atomic mass is 10.1. The Morgan fingerprint density at radius 3 is 1.70 bits per heavy atom. The molecule has 0 aliphatic rings. The van der Waals surface area contributed by atoms with Crippen molar-refractivity contribution in [1.82, 2.24) is 24.5 Å². The second kappa shape index (κ2) is 9.71. The first-order valence-electron chi connectivity index (χ1n) is 14.5. The number of pyridine rings is 1. The molecule has 0 fully saturated rings. The molecule has 4 aromatic heterocycles. The topological polar surface area (TPSA) is 69.6 Å². The summed E-state index contributed by atoms with van der Waals surface area (Å²) in [7, 11) is 0. The van der Waals surface area contributed by atoms with Crippen molar-refractivity contribution in [3.05, 3.63) is 140 Å². The summed E-state index contributed by atoms with van der Waals surface area (Å²) in [5.74, 6) is 1.79. The smallest absolute Gasteiger partial charge is 0.228 e. The maximum absolute atomic E-state index is 6.41. The van der Waals surface area contributed by atoms with E-state index in [1.807, 2.05) is 66.7 Å². The molecular formula is C38H23N5O. The monoisotopic (exact) mass is 565 g/mol. The summed E-state index contributed by atoms with van der Waals surface area (Å²) in [5.41, 5.74) is 7.30. The van der Waals surface area contributed by atoms with Gasteiger partial charge in [-0.1, -0.05) is 97.1 Å². The van der Waals surface area contributed by atoms with Crippen LogP contribution in [0.15, 0.2) is 144 Å². The first kappa shape index (κ1) is 24.5. The predicted octanol–water partition coefficient (Wildman–Crippen LogP) is 9.26. The van der Waals surface area contributed by atoms with Crippen LogP contribution in [-0.4, -0.2) is 24.5 Å². The van der Waals surface area contributed by atoms with Crippen molar-refractivity contribution in [2.24, 2.45) is 0 Å². The van der Waals surface area contributed by atoms with Gasteiger partial charge in [0, 0.05) is 50.8 Å². The van der Waals surface area contributed by atoms with Crippen LogP contribution in [0.1, 0.15) is 0 Å². The Morgan fingerprint density at radius 2 is 1.07 bits per heavy atom. The third-order valence-corrected chi connectivity index (χ3v) is 8.14. The summed E-state index contributed by atoms with van der Waals surface area (Å²) in [5, 5.41) is 4.26. The van der Waals surface area contributed by atoms with E-state index < -0.39 is 0 Å². The van der Waals surface area contributed by atoms with Gasteiger partial charge in [-0.2, -0.15) is 0 Å². The molecule has 206 valence electrons. The SMILES string of the molecule is c1ccc(-c2nc(-c3ccccc3)nc(-c3ccnc4oc5cc(-n6c7ccccc7c7ccccc76)ccc5c34)n2)cc1. The van der Waals surface area contributed by atoms with Gasteiger partial charge in [0.05, 0.1) is 16.4 Å². The third kappa shape index (κ3) is 3.82. The van der Waals surface area contributed by atoms with Gasteiger partial charge in [0.2, 0.25) is 5.71 Å². The van der Waals surface area contributed by atoms with Gasteiger partial charge in [0.15, 0.2) is 17.5 Å². The third-order valence-electron chi connectivity index (χ3n) is 8.14. The standard InChI is InChI=1S/C38H23N5O/c1-3-11-24(12-4-1)35-40-36(25-13-5-2-6-14-25)42-37(41-35)30-21-22-39-38-34(30)29-20-19-26(23-33(29)44-38)43-31-17-9-7-15-27(31)28-16-8-10-18-32(28)43/h1-23H. The van der Waals surface area contributed by atoms with E-state index in [1.54, 1.807) is 6.20 Å². The molecule has 0 unspecified atom stereocenters. The Balaban J connectivity index is 1.26. The fraction of sp³-hybridized carbons (Fsp3) is 0. The summed E-state index contributed by atoms with van der Waals surface area (Å²) < 4.78 is 8.70. The quantitative estimate of drug-likeness (QED) is 0.213. The fourth-order valence-electron chi connectivity index (χ4n) is 6.14. The summed E-state index contributed by atoms with van der Waals surface area (Å²) in [6.07, 6.45) is 1.75. The van der Waals surface area contributed by atoms with Crippen molar-refractivity contribution < 1.29 is 4.42 Å². The molecule has 4 heterocycles. The number of para-hydroxylation sites is 2. The van der Waals surface area contributed by atoms with E-state index >= 15 is 0 Å². The molecule has 0 saturated heterocycles. The molecule has 6 nitrogen and oxygen atoms in total. The molecule has 0 N–H and O–H groups in total. The van der Waals surface area contributed by atoms with Crippen molar-refractivity contribution in [1.29, 1.82) is 0 Å². The summed E-state index contributed by atoms with van der Waals surface area (Å²) in [6, 6.07) is 45.3. The van der Waals surface area contributed by atoms with E-state index in [1.165, 1.54) is 10.8 Å². The van der Waals surface area contributed by atoms with Crippen LogP contribution in [0.4, 0.5) is 0 Å². The van der Waals surface area contributed by atoms with Crippen LogP contribution in [0.5, 0.6) is 0 Å². The maximum atomic E-state index is 6.41. The highest BCUT2D eigenvalue weighted by Crippen LogP contribution is 2.38. The van der Waals surface area contributed by atoms with Crippen LogP contribution in [0.3, 0.4) is 0 Å². The predicted molar refractivity (Wildman–Crippen MR) is 176 cm³/mol. The zero-order valence-electron chi connectivity index (χ0n) is 23.4. The van der Waals surface area contributed by atoms with E-state index in [9.17, 15) is 0 Å². The first-order valence-corrected chi connectivity index (χ1v) is 14.5. The normalized spacial score (nSPS) is 11.6. The zero-order chi connectivity index (χ0) is 29.0. The van der Waals surface area contributed by atoms with Gasteiger partial charge < -0.3 is 8.98 Å². The largest absolute Gasteiger partial charge is 0.438 e. The van der Waals surface area contributed by atoms with Crippen molar-refractivity contribution in [3.63, 3.8) is 0 Å². The Hall–Kier alpha value is -6.14. The lowest BCUT2D eigenvalue weighted by molar-refractivity contribution is 0.654. The molecule has 0 spiro atoms. The van der Waals surface area contributed by atoms with Gasteiger partial charge in [0.1, 0.15) is 5.58 Å². The molecule has 0 bridgehead atoms. The Kier molecular flexibility index (Phi) is 5.40. The minimum Gasteiger partial charge on any atom is -0.438 e. The molecule has 5 aromatic carbocycles. The van der Waals surface area contributed by atoms with Crippen molar-refractivity contribution in [3.8, 4) is 39.9 Å². The number of fused-ring (bicyclic) bond motifs is 6. The molecule has 0 radical (unpaired) electrons. The van der Waals surface area contributed by atoms with E-state index in [0.717, 1.165) is 49.8 Å². The highest BCUT2D eigenvalue weighted by Gasteiger charge is 2.19. The van der Waals surface area contributed by atoms with Gasteiger partial charge >= 0.3 is 0 Å². The average molecular weight is 566 g/mol. The van der Waals surface area contributed by atoms with Crippen LogP contribution in [0.2, 0.25) is 0 Å². The van der Waals surface area contributed by atoms with Gasteiger partial charge in [-0.25, -0.2) is 19.9 Å². The molecule has 44 heavy (non-hydrogen) atoms. The van der Waals surface area contributed by atoms with Gasteiger partial charge in [-0.3, -0.25) is 0 Å². The first-order chi connectivity index (χ1) is 21.8. The van der Waals surface area contributed by atoms with Gasteiger partial charge in [-0.05, 0) is 30.3 Å². The molecular weight excluding hydrogens is 542 g/mol. The zero-order valence-corrected chi connectivity index (χ0v) is 23.4. The highest BCUT2D eigenvalue weighted by atomic mass is 16.3. The van der Waals surface area contributed by atoms with Crippen LogP contribution in [0, 0.1) is 0 Å². The Labute approximate surface area is 251 Å². The molecule has 9 rings (SSSR count). The highest BCUT2D eigenvalue weighted by molar-refractivity contribution is 6.12. The van der Waals surface area contributed by atoms with E-state index in [2.05, 4.69) is 76.3 Å². The molecule has 0 saturated carbocycles. The Bertz CT molecular complexity index is 2390. The summed E-state index contributed by atoms with van der Waals surface area (Å²) in [4.78, 5) is 19.4. The fourth-order valence-corrected chi connectivity index (χ4v) is 6.14. The molecule has 0 amide bonds. The lowest BCUT2D eigenvalue weighted by Crippen LogP contribution is -2.00. The number of rotatable bonds is 4.